The van der Waals surface area contributed by atoms with E-state index in [1.807, 2.05) is 30.3 Å². The molecule has 1 heterocycles. The van der Waals surface area contributed by atoms with Gasteiger partial charge in [0.05, 0.1) is 0 Å². The zero-order valence-corrected chi connectivity index (χ0v) is 11.0. The highest BCUT2D eigenvalue weighted by Gasteiger charge is 1.87. The van der Waals surface area contributed by atoms with E-state index >= 15 is 0 Å². The predicted molar refractivity (Wildman–Crippen MR) is 76.5 cm³/mol. The average Bonchev–Trinajstić information content (AvgIpc) is 2.42. The summed E-state index contributed by atoms with van der Waals surface area (Å²) in [4.78, 5) is 3.74. The molecule has 0 aliphatic carbocycles. The third-order valence-corrected chi connectivity index (χ3v) is 2.35. The highest BCUT2D eigenvalue weighted by atomic mass is 35.5. The van der Waals surface area contributed by atoms with Gasteiger partial charge in [-0.1, -0.05) is 48.0 Å². The second-order valence-corrected chi connectivity index (χ2v) is 3.99. The van der Waals surface area contributed by atoms with Gasteiger partial charge < -0.3 is 11.1 Å². The van der Waals surface area contributed by atoms with Crippen molar-refractivity contribution >= 4 is 11.6 Å². The van der Waals surface area contributed by atoms with Gasteiger partial charge in [0.2, 0.25) is 0 Å². The summed E-state index contributed by atoms with van der Waals surface area (Å²) in [5, 5.41) is 3.77. The molecule has 1 aromatic heterocycles. The lowest BCUT2D eigenvalue weighted by Gasteiger charge is -2.01. The Balaban J connectivity index is 0.000000199. The van der Waals surface area contributed by atoms with Crippen molar-refractivity contribution in [3.63, 3.8) is 0 Å². The molecular weight excluding hydrogens is 246 g/mol. The van der Waals surface area contributed by atoms with E-state index in [0.29, 0.717) is 11.7 Å². The molecule has 0 atom stereocenters. The molecule has 3 N–H and O–H groups in total. The zero-order valence-electron chi connectivity index (χ0n) is 10.2. The van der Waals surface area contributed by atoms with Crippen LogP contribution >= 0.6 is 11.6 Å². The molecule has 3 nitrogen and oxygen atoms in total. The van der Waals surface area contributed by atoms with Crippen LogP contribution in [-0.2, 0) is 6.54 Å². The summed E-state index contributed by atoms with van der Waals surface area (Å²) in [6.45, 7) is 2.50. The molecule has 1 aromatic carbocycles. The molecule has 0 aliphatic heterocycles. The van der Waals surface area contributed by atoms with Gasteiger partial charge in [0, 0.05) is 25.8 Å². The lowest BCUT2D eigenvalue weighted by atomic mass is 10.2. The van der Waals surface area contributed by atoms with Gasteiger partial charge in [0.15, 0.2) is 0 Å². The Morgan fingerprint density at radius 2 is 1.78 bits per heavy atom. The van der Waals surface area contributed by atoms with Crippen molar-refractivity contribution in [2.45, 2.75) is 6.54 Å². The van der Waals surface area contributed by atoms with Crippen LogP contribution in [0.4, 0.5) is 0 Å². The van der Waals surface area contributed by atoms with Gasteiger partial charge in [0.25, 0.3) is 0 Å². The maximum Gasteiger partial charge on any atom is 0.129 e. The number of nitrogens with zero attached hydrogens (tertiary/aromatic N) is 1. The molecule has 0 fully saturated rings. The quantitative estimate of drug-likeness (QED) is 0.658. The van der Waals surface area contributed by atoms with Gasteiger partial charge in [-0.3, -0.25) is 0 Å². The Morgan fingerprint density at radius 3 is 2.28 bits per heavy atom. The molecule has 0 saturated heterocycles. The molecule has 0 amide bonds. The maximum absolute atomic E-state index is 5.43. The van der Waals surface area contributed by atoms with E-state index in [9.17, 15) is 0 Å². The number of hydrogen-bond donors (Lipinski definition) is 2. The molecule has 96 valence electrons. The SMILES string of the molecule is Clc1ccccn1.NCCNCc1ccccc1. The monoisotopic (exact) mass is 263 g/mol. The molecule has 0 saturated carbocycles. The fourth-order valence-electron chi connectivity index (χ4n) is 1.27. The minimum absolute atomic E-state index is 0.544. The van der Waals surface area contributed by atoms with Crippen molar-refractivity contribution in [3.8, 4) is 0 Å². The normalized spacial score (nSPS) is 9.44. The number of nitrogens with one attached hydrogen (secondary N) is 1. The molecule has 0 radical (unpaired) electrons. The summed E-state index contributed by atoms with van der Waals surface area (Å²) in [5.41, 5.74) is 6.64. The largest absolute Gasteiger partial charge is 0.329 e. The van der Waals surface area contributed by atoms with Crippen molar-refractivity contribution < 1.29 is 0 Å². The summed E-state index contributed by atoms with van der Waals surface area (Å²) in [7, 11) is 0. The second-order valence-electron chi connectivity index (χ2n) is 3.60. The number of benzene rings is 1. The summed E-state index contributed by atoms with van der Waals surface area (Å²) in [6.07, 6.45) is 1.66. The molecule has 2 aromatic rings. The maximum atomic E-state index is 5.43. The van der Waals surface area contributed by atoms with Crippen molar-refractivity contribution in [2.75, 3.05) is 13.1 Å². The smallest absolute Gasteiger partial charge is 0.129 e. The molecule has 2 rings (SSSR count). The lowest BCUT2D eigenvalue weighted by Crippen LogP contribution is -2.21. The first-order chi connectivity index (χ1) is 8.83. The van der Waals surface area contributed by atoms with Crippen LogP contribution in [0.15, 0.2) is 54.7 Å². The molecule has 0 bridgehead atoms. The van der Waals surface area contributed by atoms with Crippen LogP contribution in [0.2, 0.25) is 5.15 Å². The molecule has 0 aliphatic rings. The Morgan fingerprint density at radius 1 is 1.06 bits per heavy atom. The molecule has 0 unspecified atom stereocenters. The van der Waals surface area contributed by atoms with Crippen molar-refractivity contribution in [3.05, 3.63) is 65.4 Å². The summed E-state index contributed by atoms with van der Waals surface area (Å²) in [5.74, 6) is 0. The standard InChI is InChI=1S/C9H14N2.C5H4ClN/c10-6-7-11-8-9-4-2-1-3-5-9;6-5-3-1-2-4-7-5/h1-5,11H,6-8,10H2;1-4H. The van der Waals surface area contributed by atoms with Crippen LogP contribution in [0.5, 0.6) is 0 Å². The minimum atomic E-state index is 0.544. The fourth-order valence-corrected chi connectivity index (χ4v) is 1.40. The van der Waals surface area contributed by atoms with Crippen LogP contribution in [0.25, 0.3) is 0 Å². The van der Waals surface area contributed by atoms with E-state index in [-0.39, 0.29) is 0 Å². The summed E-state index contributed by atoms with van der Waals surface area (Å²) < 4.78 is 0. The topological polar surface area (TPSA) is 50.9 Å². The van der Waals surface area contributed by atoms with Gasteiger partial charge >= 0.3 is 0 Å². The van der Waals surface area contributed by atoms with Crippen LogP contribution < -0.4 is 11.1 Å². The highest BCUT2D eigenvalue weighted by molar-refractivity contribution is 6.29. The van der Waals surface area contributed by atoms with E-state index in [4.69, 9.17) is 17.3 Å². The number of hydrogen-bond acceptors (Lipinski definition) is 3. The Bertz CT molecular complexity index is 406. The average molecular weight is 264 g/mol. The number of aromatic nitrogens is 1. The van der Waals surface area contributed by atoms with E-state index < -0.39 is 0 Å². The highest BCUT2D eigenvalue weighted by Crippen LogP contribution is 1.98. The molecule has 18 heavy (non-hydrogen) atoms. The van der Waals surface area contributed by atoms with Crippen LogP contribution in [0.1, 0.15) is 5.56 Å². The van der Waals surface area contributed by atoms with E-state index in [2.05, 4.69) is 22.4 Å². The van der Waals surface area contributed by atoms with Gasteiger partial charge in [-0.2, -0.15) is 0 Å². The van der Waals surface area contributed by atoms with Crippen LogP contribution in [0.3, 0.4) is 0 Å². The Hall–Kier alpha value is -1.42. The van der Waals surface area contributed by atoms with Gasteiger partial charge in [0.1, 0.15) is 5.15 Å². The van der Waals surface area contributed by atoms with E-state index in [1.165, 1.54) is 5.56 Å². The Kier molecular flexibility index (Phi) is 7.80. The third kappa shape index (κ3) is 7.01. The minimum Gasteiger partial charge on any atom is -0.329 e. The van der Waals surface area contributed by atoms with Crippen molar-refractivity contribution in [1.82, 2.24) is 10.3 Å². The van der Waals surface area contributed by atoms with Gasteiger partial charge in [-0.05, 0) is 17.7 Å². The summed E-state index contributed by atoms with van der Waals surface area (Å²) >= 11 is 5.43. The zero-order chi connectivity index (χ0) is 13.1. The summed E-state index contributed by atoms with van der Waals surface area (Å²) in [6, 6.07) is 15.7. The van der Waals surface area contributed by atoms with Crippen molar-refractivity contribution in [1.29, 1.82) is 0 Å². The first-order valence-corrected chi connectivity index (χ1v) is 6.22. The molecule has 4 heteroatoms. The van der Waals surface area contributed by atoms with Crippen LogP contribution in [-0.4, -0.2) is 18.1 Å². The van der Waals surface area contributed by atoms with Crippen LogP contribution in [0, 0.1) is 0 Å². The number of pyridine rings is 1. The second kappa shape index (κ2) is 9.59. The van der Waals surface area contributed by atoms with Gasteiger partial charge in [-0.15, -0.1) is 0 Å². The first kappa shape index (κ1) is 14.6. The Labute approximate surface area is 113 Å². The predicted octanol–water partition coefficient (Wildman–Crippen LogP) is 2.47. The van der Waals surface area contributed by atoms with E-state index in [0.717, 1.165) is 13.1 Å². The number of halogens is 1. The van der Waals surface area contributed by atoms with E-state index in [1.54, 1.807) is 12.3 Å². The third-order valence-electron chi connectivity index (χ3n) is 2.12. The fraction of sp³-hybridized carbons (Fsp3) is 0.214. The first-order valence-electron chi connectivity index (χ1n) is 5.84. The molecular formula is C14H18ClN3. The number of rotatable bonds is 4. The van der Waals surface area contributed by atoms with Crippen molar-refractivity contribution in [2.24, 2.45) is 5.73 Å². The number of nitrogens with two attached hydrogens (primary N) is 1. The lowest BCUT2D eigenvalue weighted by molar-refractivity contribution is 0.695. The van der Waals surface area contributed by atoms with Gasteiger partial charge in [-0.25, -0.2) is 4.98 Å². The molecule has 0 spiro atoms.